The van der Waals surface area contributed by atoms with Gasteiger partial charge < -0.3 is 19.4 Å². The zero-order chi connectivity index (χ0) is 26.7. The first-order chi connectivity index (χ1) is 17.7. The molecule has 9 heteroatoms. The summed E-state index contributed by atoms with van der Waals surface area (Å²) in [4.78, 5) is 39.7. The normalized spacial score (nSPS) is 11.7. The SMILES string of the molecule is CCC(OC(=O)c1c(-c2ccc(Cl)cc2)c2ccccc2c(=O)n1C)C(=O)Nc1ccc(OC)c(Cl)c1. The van der Waals surface area contributed by atoms with Crippen LogP contribution in [0.4, 0.5) is 5.69 Å². The molecule has 3 aromatic carbocycles. The Morgan fingerprint density at radius 3 is 2.30 bits per heavy atom. The lowest BCUT2D eigenvalue weighted by atomic mass is 9.96. The Morgan fingerprint density at radius 2 is 1.68 bits per heavy atom. The van der Waals surface area contributed by atoms with Gasteiger partial charge in [-0.15, -0.1) is 0 Å². The standard InChI is InChI=1S/C28H24Cl2N2O5/c1-4-22(26(33)31-18-13-14-23(36-3)21(30)15-18)37-28(35)25-24(16-9-11-17(29)12-10-16)19-7-5-6-8-20(19)27(34)32(25)2/h5-15,22H,4H2,1-3H3,(H,31,33). The average molecular weight is 539 g/mol. The molecule has 1 atom stereocenters. The summed E-state index contributed by atoms with van der Waals surface area (Å²) in [5.74, 6) is -0.869. The molecule has 4 aromatic rings. The summed E-state index contributed by atoms with van der Waals surface area (Å²) in [5, 5.41) is 4.60. The first-order valence-electron chi connectivity index (χ1n) is 11.5. The highest BCUT2D eigenvalue weighted by molar-refractivity contribution is 6.32. The number of nitrogens with one attached hydrogen (secondary N) is 1. The smallest absolute Gasteiger partial charge is 0.356 e. The summed E-state index contributed by atoms with van der Waals surface area (Å²) in [6.45, 7) is 1.72. The van der Waals surface area contributed by atoms with Gasteiger partial charge in [-0.25, -0.2) is 4.79 Å². The molecule has 1 aromatic heterocycles. The van der Waals surface area contributed by atoms with Crippen LogP contribution in [0.25, 0.3) is 21.9 Å². The number of hydrogen-bond acceptors (Lipinski definition) is 5. The third kappa shape index (κ3) is 5.33. The molecule has 0 fully saturated rings. The summed E-state index contributed by atoms with van der Waals surface area (Å²) in [6, 6.07) is 18.8. The first kappa shape index (κ1) is 26.3. The van der Waals surface area contributed by atoms with Crippen LogP contribution in [0.3, 0.4) is 0 Å². The second-order valence-electron chi connectivity index (χ2n) is 8.28. The molecule has 0 spiro atoms. The molecule has 0 aliphatic rings. The molecule has 1 amide bonds. The number of esters is 1. The molecule has 37 heavy (non-hydrogen) atoms. The van der Waals surface area contributed by atoms with Crippen LogP contribution in [0.1, 0.15) is 23.8 Å². The minimum absolute atomic E-state index is 0.0322. The predicted molar refractivity (Wildman–Crippen MR) is 146 cm³/mol. The van der Waals surface area contributed by atoms with Crippen LogP contribution in [0.15, 0.2) is 71.5 Å². The van der Waals surface area contributed by atoms with Gasteiger partial charge in [0.25, 0.3) is 11.5 Å². The van der Waals surface area contributed by atoms with Crippen molar-refractivity contribution in [2.24, 2.45) is 7.05 Å². The lowest BCUT2D eigenvalue weighted by Crippen LogP contribution is -2.34. The summed E-state index contributed by atoms with van der Waals surface area (Å²) in [7, 11) is 3.00. The quantitative estimate of drug-likeness (QED) is 0.287. The number of anilines is 1. The Labute approximate surface area is 223 Å². The molecule has 1 N–H and O–H groups in total. The number of ether oxygens (including phenoxy) is 2. The molecule has 7 nitrogen and oxygen atoms in total. The van der Waals surface area contributed by atoms with E-state index in [4.69, 9.17) is 32.7 Å². The second kappa shape index (κ2) is 11.1. The van der Waals surface area contributed by atoms with Crippen LogP contribution >= 0.6 is 23.2 Å². The lowest BCUT2D eigenvalue weighted by molar-refractivity contribution is -0.124. The van der Waals surface area contributed by atoms with Crippen molar-refractivity contribution in [3.63, 3.8) is 0 Å². The van der Waals surface area contributed by atoms with E-state index < -0.39 is 18.0 Å². The topological polar surface area (TPSA) is 86.6 Å². The summed E-state index contributed by atoms with van der Waals surface area (Å²) >= 11 is 12.2. The molecule has 0 radical (unpaired) electrons. The van der Waals surface area contributed by atoms with E-state index in [0.29, 0.717) is 43.4 Å². The number of fused-ring (bicyclic) bond motifs is 1. The number of pyridine rings is 1. The molecule has 0 aliphatic heterocycles. The number of aromatic nitrogens is 1. The fourth-order valence-corrected chi connectivity index (χ4v) is 4.47. The Balaban J connectivity index is 1.72. The molecule has 4 rings (SSSR count). The average Bonchev–Trinajstić information content (AvgIpc) is 2.89. The highest BCUT2D eigenvalue weighted by atomic mass is 35.5. The number of amides is 1. The van der Waals surface area contributed by atoms with E-state index in [0.717, 1.165) is 0 Å². The van der Waals surface area contributed by atoms with Gasteiger partial charge in [0.05, 0.1) is 12.1 Å². The number of nitrogens with zero attached hydrogens (tertiary/aromatic N) is 1. The van der Waals surface area contributed by atoms with Gasteiger partial charge in [-0.05, 0) is 53.8 Å². The summed E-state index contributed by atoms with van der Waals surface area (Å²) in [5.41, 5.74) is 1.28. The van der Waals surface area contributed by atoms with Gasteiger partial charge in [-0.2, -0.15) is 0 Å². The number of benzene rings is 3. The Bertz CT molecular complexity index is 1550. The Morgan fingerprint density at radius 1 is 1.00 bits per heavy atom. The van der Waals surface area contributed by atoms with Gasteiger partial charge in [0.15, 0.2) is 6.10 Å². The van der Waals surface area contributed by atoms with Crippen molar-refractivity contribution in [3.8, 4) is 16.9 Å². The molecule has 0 bridgehead atoms. The number of methoxy groups -OCH3 is 1. The third-order valence-electron chi connectivity index (χ3n) is 5.96. The van der Waals surface area contributed by atoms with E-state index >= 15 is 0 Å². The molecule has 1 heterocycles. The van der Waals surface area contributed by atoms with E-state index in [1.807, 2.05) is 0 Å². The van der Waals surface area contributed by atoms with Gasteiger partial charge >= 0.3 is 5.97 Å². The molecule has 1 unspecified atom stereocenters. The van der Waals surface area contributed by atoms with Crippen LogP contribution in [0.5, 0.6) is 5.75 Å². The first-order valence-corrected chi connectivity index (χ1v) is 12.2. The molecule has 190 valence electrons. The van der Waals surface area contributed by atoms with Crippen molar-refractivity contribution in [3.05, 3.63) is 92.8 Å². The molecule has 0 saturated carbocycles. The van der Waals surface area contributed by atoms with Crippen LogP contribution in [-0.2, 0) is 16.6 Å². The number of carbonyl (C=O) groups excluding carboxylic acids is 2. The van der Waals surface area contributed by atoms with Gasteiger partial charge in [0, 0.05) is 28.7 Å². The highest BCUT2D eigenvalue weighted by Gasteiger charge is 2.28. The van der Waals surface area contributed by atoms with Gasteiger partial charge in [0.2, 0.25) is 0 Å². The van der Waals surface area contributed by atoms with E-state index in [-0.39, 0.29) is 17.7 Å². The van der Waals surface area contributed by atoms with Crippen molar-refractivity contribution in [2.45, 2.75) is 19.4 Å². The fourth-order valence-electron chi connectivity index (χ4n) is 4.09. The minimum Gasteiger partial charge on any atom is -0.495 e. The van der Waals surface area contributed by atoms with Crippen molar-refractivity contribution in [1.82, 2.24) is 4.57 Å². The van der Waals surface area contributed by atoms with Crippen LogP contribution in [0.2, 0.25) is 10.0 Å². The number of carbonyl (C=O) groups is 2. The minimum atomic E-state index is -1.12. The van der Waals surface area contributed by atoms with Crippen LogP contribution in [0, 0.1) is 0 Å². The number of rotatable bonds is 7. The van der Waals surface area contributed by atoms with Gasteiger partial charge in [0.1, 0.15) is 11.4 Å². The molecular weight excluding hydrogens is 515 g/mol. The fraction of sp³-hybridized carbons (Fsp3) is 0.179. The van der Waals surface area contributed by atoms with Crippen LogP contribution in [-0.4, -0.2) is 29.7 Å². The second-order valence-corrected chi connectivity index (χ2v) is 9.12. The van der Waals surface area contributed by atoms with E-state index in [1.54, 1.807) is 73.7 Å². The summed E-state index contributed by atoms with van der Waals surface area (Å²) in [6.07, 6.45) is -0.910. The summed E-state index contributed by atoms with van der Waals surface area (Å²) < 4.78 is 12.1. The van der Waals surface area contributed by atoms with Gasteiger partial charge in [-0.1, -0.05) is 60.5 Å². The Hall–Kier alpha value is -3.81. The monoisotopic (exact) mass is 538 g/mol. The maximum atomic E-state index is 13.6. The van der Waals surface area contributed by atoms with Gasteiger partial charge in [-0.3, -0.25) is 9.59 Å². The number of halogens is 2. The number of hydrogen-bond donors (Lipinski definition) is 1. The Kier molecular flexibility index (Phi) is 7.86. The van der Waals surface area contributed by atoms with E-state index in [9.17, 15) is 14.4 Å². The molecule has 0 aliphatic carbocycles. The highest BCUT2D eigenvalue weighted by Crippen LogP contribution is 2.32. The maximum absolute atomic E-state index is 13.6. The molecule has 0 saturated heterocycles. The lowest BCUT2D eigenvalue weighted by Gasteiger charge is -2.20. The molecular formula is C28H24Cl2N2O5. The van der Waals surface area contributed by atoms with Crippen molar-refractivity contribution < 1.29 is 19.1 Å². The van der Waals surface area contributed by atoms with Crippen molar-refractivity contribution in [2.75, 3.05) is 12.4 Å². The third-order valence-corrected chi connectivity index (χ3v) is 6.51. The van der Waals surface area contributed by atoms with Crippen molar-refractivity contribution >= 4 is 51.5 Å². The van der Waals surface area contributed by atoms with Crippen LogP contribution < -0.4 is 15.6 Å². The zero-order valence-electron chi connectivity index (χ0n) is 20.4. The van der Waals surface area contributed by atoms with E-state index in [1.165, 1.54) is 18.7 Å². The maximum Gasteiger partial charge on any atom is 0.356 e. The zero-order valence-corrected chi connectivity index (χ0v) is 21.9. The van der Waals surface area contributed by atoms with E-state index in [2.05, 4.69) is 5.32 Å². The van der Waals surface area contributed by atoms with Crippen molar-refractivity contribution in [1.29, 1.82) is 0 Å². The largest absolute Gasteiger partial charge is 0.495 e. The predicted octanol–water partition coefficient (Wildman–Crippen LogP) is 6.10.